The van der Waals surface area contributed by atoms with E-state index in [1.165, 1.54) is 13.8 Å². The molecular weight excluding hydrogens is 1020 g/mol. The normalized spacial score (nSPS) is 21.7. The summed E-state index contributed by atoms with van der Waals surface area (Å²) in [7, 11) is -8.32. The van der Waals surface area contributed by atoms with E-state index in [0.29, 0.717) is 24.5 Å². The number of benzene rings is 2. The number of hydrogen-bond acceptors (Lipinski definition) is 20. The minimum Gasteiger partial charge on any atom is -0.462 e. The number of carbonyl (C=O) groups excluding carboxylic acids is 2. The number of halogens is 2. The molecule has 6 N–H and O–H groups in total. The van der Waals surface area contributed by atoms with E-state index < -0.39 is 112 Å². The van der Waals surface area contributed by atoms with Gasteiger partial charge in [-0.1, -0.05) is 50.6 Å². The maximum Gasteiger partial charge on any atom is 0.459 e. The Morgan fingerprint density at radius 3 is 1.68 bits per heavy atom. The summed E-state index contributed by atoms with van der Waals surface area (Å²) in [5.74, 6) is -3.12. The molecule has 2 saturated heterocycles. The average Bonchev–Trinajstić information content (AvgIpc) is 3.92. The highest BCUT2D eigenvalue weighted by Gasteiger charge is 2.39. The summed E-state index contributed by atoms with van der Waals surface area (Å²) in [6.45, 7) is 9.26. The maximum absolute atomic E-state index is 13.8. The average molecular weight is 1080 g/mol. The molecule has 2 aromatic carbocycles. The van der Waals surface area contributed by atoms with Gasteiger partial charge in [0.1, 0.15) is 36.8 Å². The van der Waals surface area contributed by atoms with E-state index in [2.05, 4.69) is 20.1 Å². The number of aromatic nitrogens is 4. The Bertz CT molecular complexity index is 2760. The van der Waals surface area contributed by atoms with Crippen LogP contribution >= 0.6 is 15.5 Å². The molecule has 7 rings (SSSR count). The molecule has 28 heteroatoms. The van der Waals surface area contributed by atoms with Crippen LogP contribution in [0.15, 0.2) is 76.6 Å². The molecule has 2 aromatic heterocycles. The molecule has 406 valence electrons. The minimum absolute atomic E-state index is 0.126. The van der Waals surface area contributed by atoms with Gasteiger partial charge in [0.25, 0.3) is 0 Å². The summed E-state index contributed by atoms with van der Waals surface area (Å²) in [5.41, 5.74) is 10.0. The molecule has 2 aliphatic heterocycles. The standard InChI is InChI=1S/C25H34FN4O8P.C21H28FN4O8P/c1-4-6-15(2)36-24(31)16(3)29-39(33,38-19-8-5-7-18(11-19)17-9-10-17)35-14-22-34-13-21(37-22)30-12-20(26)23(27)28-25(30)32;1-4-13(2)32-20(27)14(3)25-35(29,34-15-8-6-5-7-9-15)31-12-18-30-11-17(33-18)26-10-16(22)19(23)24-21(26)28/h5,7-8,11-12,15-17,21-22H,4,6,9-10,13-14H2,1-3H3,(H,29,33)(H2,27,28,32);5-10,13-14,17-18H,4,11-12H2,1-3H3,(H,25,29)(H2,23,24,28)/t15-,16-,21-,22-,39?;13-,14+,17+,18+,35?/m01/s1. The number of nitrogens with zero attached hydrogens (tertiary/aromatic N) is 4. The first-order valence-electron chi connectivity index (χ1n) is 23.8. The molecule has 3 aliphatic rings. The number of nitrogens with one attached hydrogen (secondary N) is 2. The van der Waals surface area contributed by atoms with Crippen molar-refractivity contribution in [1.29, 1.82) is 0 Å². The van der Waals surface area contributed by atoms with Crippen LogP contribution in [0.1, 0.15) is 97.6 Å². The van der Waals surface area contributed by atoms with Gasteiger partial charge >= 0.3 is 38.8 Å². The smallest absolute Gasteiger partial charge is 0.459 e. The molecule has 24 nitrogen and oxygen atoms in total. The number of nitrogen functional groups attached to an aromatic ring is 2. The van der Waals surface area contributed by atoms with Gasteiger partial charge in [0.15, 0.2) is 48.3 Å². The summed E-state index contributed by atoms with van der Waals surface area (Å²) in [6.07, 6.45) is 1.21. The van der Waals surface area contributed by atoms with E-state index >= 15 is 0 Å². The molecule has 4 aromatic rings. The lowest BCUT2D eigenvalue weighted by atomic mass is 10.1. The highest BCUT2D eigenvalue weighted by molar-refractivity contribution is 7.52. The monoisotopic (exact) mass is 1080 g/mol. The molecule has 74 heavy (non-hydrogen) atoms. The van der Waals surface area contributed by atoms with Crippen molar-refractivity contribution in [2.24, 2.45) is 0 Å². The second-order valence-electron chi connectivity index (χ2n) is 17.4. The highest BCUT2D eigenvalue weighted by Crippen LogP contribution is 2.48. The zero-order valence-corrected chi connectivity index (χ0v) is 43.3. The van der Waals surface area contributed by atoms with Crippen LogP contribution in [-0.4, -0.2) is 94.3 Å². The third-order valence-electron chi connectivity index (χ3n) is 11.1. The molecule has 0 radical (unpaired) electrons. The van der Waals surface area contributed by atoms with E-state index in [-0.39, 0.29) is 31.2 Å². The topological polar surface area (TPSA) is 306 Å². The largest absolute Gasteiger partial charge is 0.462 e. The first kappa shape index (κ1) is 57.6. The molecule has 1 saturated carbocycles. The molecular formula is C46H62F2N8O16P2. The Labute approximate surface area is 424 Å². The number of esters is 2. The molecule has 2 unspecified atom stereocenters. The molecule has 0 amide bonds. The number of carbonyl (C=O) groups is 2. The van der Waals surface area contributed by atoms with Crippen molar-refractivity contribution < 1.29 is 74.0 Å². The zero-order chi connectivity index (χ0) is 53.7. The van der Waals surface area contributed by atoms with Gasteiger partial charge in [0, 0.05) is 0 Å². The third-order valence-corrected chi connectivity index (χ3v) is 14.4. The van der Waals surface area contributed by atoms with E-state index in [1.807, 2.05) is 19.9 Å². The Morgan fingerprint density at radius 2 is 1.20 bits per heavy atom. The minimum atomic E-state index is -4.18. The molecule has 0 spiro atoms. The Hall–Kier alpha value is -5.66. The molecule has 10 atom stereocenters. The van der Waals surface area contributed by atoms with Gasteiger partial charge in [-0.25, -0.2) is 27.5 Å². The highest BCUT2D eigenvalue weighted by atomic mass is 31.2. The van der Waals surface area contributed by atoms with E-state index in [4.69, 9.17) is 58.0 Å². The molecule has 4 heterocycles. The lowest BCUT2D eigenvalue weighted by molar-refractivity contribution is -0.151. The molecule has 1 aliphatic carbocycles. The number of ether oxygens (including phenoxy) is 6. The van der Waals surface area contributed by atoms with Gasteiger partial charge in [0.05, 0.1) is 37.8 Å². The Balaban J connectivity index is 0.000000242. The van der Waals surface area contributed by atoms with Crippen molar-refractivity contribution in [2.75, 3.05) is 37.9 Å². The second-order valence-corrected chi connectivity index (χ2v) is 20.7. The van der Waals surface area contributed by atoms with Crippen molar-refractivity contribution in [3.05, 3.63) is 105 Å². The number of anilines is 2. The lowest BCUT2D eigenvalue weighted by Gasteiger charge is -2.24. The van der Waals surface area contributed by atoms with E-state index in [9.17, 15) is 37.1 Å². The maximum atomic E-state index is 13.8. The number of para-hydroxylation sites is 1. The predicted octanol–water partition coefficient (Wildman–Crippen LogP) is 5.99. The SMILES string of the molecule is CCC[C@H](C)OC(=O)[C@H](C)NP(=O)(OC[C@H]1OC[C@@H](n2cc(F)c(N)nc2=O)O1)Oc1cccc(C2CC2)c1.CC[C@@H](C)OC(=O)[C@H](C)NP(=O)(OC[C@H]1OC[C@@H](n2cc(F)c(N)nc2=O)O1)Oc1ccccc1. The van der Waals surface area contributed by atoms with Crippen molar-refractivity contribution in [3.8, 4) is 11.5 Å². The van der Waals surface area contributed by atoms with Gasteiger partial charge < -0.3 is 48.9 Å². The Morgan fingerprint density at radius 1 is 0.730 bits per heavy atom. The quantitative estimate of drug-likeness (QED) is 0.0463. The van der Waals surface area contributed by atoms with Gasteiger partial charge in [-0.2, -0.15) is 20.1 Å². The third kappa shape index (κ3) is 16.7. The van der Waals surface area contributed by atoms with Crippen LogP contribution < -0.4 is 42.1 Å². The van der Waals surface area contributed by atoms with Crippen molar-refractivity contribution in [1.82, 2.24) is 29.3 Å². The Kier molecular flexibility index (Phi) is 20.4. The fraction of sp³-hybridized carbons (Fsp3) is 0.522. The summed E-state index contributed by atoms with van der Waals surface area (Å²) in [5, 5.41) is 5.20. The predicted molar refractivity (Wildman–Crippen MR) is 260 cm³/mol. The molecule has 3 fully saturated rings. The summed E-state index contributed by atoms with van der Waals surface area (Å²) in [6, 6.07) is 13.4. The van der Waals surface area contributed by atoms with Crippen LogP contribution in [0.25, 0.3) is 0 Å². The number of hydrogen-bond donors (Lipinski definition) is 4. The van der Waals surface area contributed by atoms with Crippen LogP contribution in [0.2, 0.25) is 0 Å². The lowest BCUT2D eigenvalue weighted by Crippen LogP contribution is -2.37. The summed E-state index contributed by atoms with van der Waals surface area (Å²) in [4.78, 5) is 55.9. The van der Waals surface area contributed by atoms with Gasteiger partial charge in [-0.3, -0.25) is 27.8 Å². The van der Waals surface area contributed by atoms with Crippen LogP contribution in [0.5, 0.6) is 11.5 Å². The number of rotatable bonds is 24. The number of nitrogens with two attached hydrogens (primary N) is 2. The zero-order valence-electron chi connectivity index (χ0n) is 41.5. The van der Waals surface area contributed by atoms with E-state index in [1.54, 1.807) is 62.4 Å². The van der Waals surface area contributed by atoms with Gasteiger partial charge in [-0.05, 0) is 89.1 Å². The van der Waals surface area contributed by atoms with Gasteiger partial charge in [-0.15, -0.1) is 0 Å². The van der Waals surface area contributed by atoms with Crippen LogP contribution in [-0.2, 0) is 56.2 Å². The first-order valence-corrected chi connectivity index (χ1v) is 26.9. The van der Waals surface area contributed by atoms with Crippen molar-refractivity contribution >= 4 is 39.1 Å². The van der Waals surface area contributed by atoms with Crippen LogP contribution in [0.4, 0.5) is 20.4 Å². The first-order chi connectivity index (χ1) is 35.2. The van der Waals surface area contributed by atoms with Crippen LogP contribution in [0, 0.1) is 11.6 Å². The fourth-order valence-corrected chi connectivity index (χ4v) is 9.85. The van der Waals surface area contributed by atoms with Crippen molar-refractivity contribution in [2.45, 2.75) is 129 Å². The summed E-state index contributed by atoms with van der Waals surface area (Å²) >= 11 is 0. The summed E-state index contributed by atoms with van der Waals surface area (Å²) < 4.78 is 112. The fourth-order valence-electron chi connectivity index (χ4n) is 6.91. The second kappa shape index (κ2) is 26.2. The van der Waals surface area contributed by atoms with E-state index in [0.717, 1.165) is 46.4 Å². The molecule has 0 bridgehead atoms. The van der Waals surface area contributed by atoms with Crippen molar-refractivity contribution in [3.63, 3.8) is 0 Å². The van der Waals surface area contributed by atoms with Crippen LogP contribution in [0.3, 0.4) is 0 Å². The van der Waals surface area contributed by atoms with Gasteiger partial charge in [0.2, 0.25) is 0 Å².